The van der Waals surface area contributed by atoms with Crippen molar-refractivity contribution in [3.8, 4) is 11.1 Å². The van der Waals surface area contributed by atoms with E-state index in [1.807, 2.05) is 0 Å². The lowest BCUT2D eigenvalue weighted by Crippen LogP contribution is -2.24. The van der Waals surface area contributed by atoms with Crippen LogP contribution in [0.5, 0.6) is 0 Å². The van der Waals surface area contributed by atoms with Gasteiger partial charge in [-0.25, -0.2) is 0 Å². The van der Waals surface area contributed by atoms with Crippen LogP contribution in [0.15, 0.2) is 84.9 Å². The standard InChI is InChI=1S/C44H50N4/c1-3-8-29-16-18-31(19-17-29)27-45-41-14-7-13-36-38-26-34(21-23-40(38)48-44(36)41)33-11-5-10-32(24-33)28-46-42-15-6-12-35-37-25-30(9-4-2)20-22-39(37)47-43(35)42/h5,10-11,16-26,41-42,45-48H,3-4,6-9,12-15,27-28H2,1-2H3. The molecule has 4 heteroatoms. The van der Waals surface area contributed by atoms with Gasteiger partial charge in [-0.15, -0.1) is 0 Å². The first kappa shape index (κ1) is 31.2. The van der Waals surface area contributed by atoms with Crippen molar-refractivity contribution in [2.24, 2.45) is 0 Å². The Morgan fingerprint density at radius 1 is 0.562 bits per heavy atom. The zero-order valence-corrected chi connectivity index (χ0v) is 28.7. The fourth-order valence-corrected chi connectivity index (χ4v) is 8.46. The van der Waals surface area contributed by atoms with E-state index in [9.17, 15) is 0 Å². The maximum absolute atomic E-state index is 3.93. The molecule has 2 aliphatic carbocycles. The number of aromatic amines is 2. The van der Waals surface area contributed by atoms with Crippen LogP contribution in [-0.2, 0) is 38.8 Å². The largest absolute Gasteiger partial charge is 0.357 e. The first-order valence-electron chi connectivity index (χ1n) is 18.6. The Bertz CT molecular complexity index is 2030. The first-order valence-corrected chi connectivity index (χ1v) is 18.6. The van der Waals surface area contributed by atoms with Gasteiger partial charge in [-0.2, -0.15) is 0 Å². The summed E-state index contributed by atoms with van der Waals surface area (Å²) in [6.45, 7) is 6.28. The molecule has 4 N–H and O–H groups in total. The molecule has 48 heavy (non-hydrogen) atoms. The van der Waals surface area contributed by atoms with Crippen molar-refractivity contribution < 1.29 is 0 Å². The Morgan fingerprint density at radius 3 is 1.81 bits per heavy atom. The molecule has 0 amide bonds. The van der Waals surface area contributed by atoms with Gasteiger partial charge in [0.05, 0.1) is 0 Å². The number of benzene rings is 4. The summed E-state index contributed by atoms with van der Waals surface area (Å²) in [7, 11) is 0. The minimum atomic E-state index is 0.365. The van der Waals surface area contributed by atoms with Crippen LogP contribution < -0.4 is 10.6 Å². The van der Waals surface area contributed by atoms with Gasteiger partial charge in [0.1, 0.15) is 0 Å². The van der Waals surface area contributed by atoms with Crippen molar-refractivity contribution in [2.75, 3.05) is 0 Å². The van der Waals surface area contributed by atoms with Crippen LogP contribution >= 0.6 is 0 Å². The highest BCUT2D eigenvalue weighted by Gasteiger charge is 2.25. The molecule has 0 saturated carbocycles. The van der Waals surface area contributed by atoms with E-state index in [1.54, 1.807) is 0 Å². The van der Waals surface area contributed by atoms with Crippen LogP contribution in [0.4, 0.5) is 0 Å². The molecule has 0 fully saturated rings. The van der Waals surface area contributed by atoms with Gasteiger partial charge in [-0.05, 0) is 126 Å². The Kier molecular flexibility index (Phi) is 8.95. The van der Waals surface area contributed by atoms with Crippen molar-refractivity contribution in [1.82, 2.24) is 20.6 Å². The highest BCUT2D eigenvalue weighted by Crippen LogP contribution is 2.38. The molecule has 2 unspecified atom stereocenters. The molecule has 2 atom stereocenters. The molecule has 8 rings (SSSR count). The number of nitrogens with one attached hydrogen (secondary N) is 4. The molecular weight excluding hydrogens is 585 g/mol. The van der Waals surface area contributed by atoms with Crippen molar-refractivity contribution in [1.29, 1.82) is 0 Å². The second kappa shape index (κ2) is 13.8. The average molecular weight is 635 g/mol. The van der Waals surface area contributed by atoms with E-state index >= 15 is 0 Å². The van der Waals surface area contributed by atoms with Gasteiger partial charge in [-0.1, -0.05) is 81.3 Å². The zero-order chi connectivity index (χ0) is 32.5. The Labute approximate surface area is 285 Å². The molecular formula is C44H50N4. The molecule has 2 aromatic heterocycles. The van der Waals surface area contributed by atoms with E-state index in [0.29, 0.717) is 12.1 Å². The van der Waals surface area contributed by atoms with Gasteiger partial charge in [0.15, 0.2) is 0 Å². The van der Waals surface area contributed by atoms with E-state index in [-0.39, 0.29) is 0 Å². The quantitative estimate of drug-likeness (QED) is 0.115. The minimum Gasteiger partial charge on any atom is -0.357 e. The Balaban J connectivity index is 0.977. The lowest BCUT2D eigenvalue weighted by molar-refractivity contribution is 0.452. The molecule has 0 bridgehead atoms. The summed E-state index contributed by atoms with van der Waals surface area (Å²) in [6, 6.07) is 33.1. The van der Waals surface area contributed by atoms with Crippen LogP contribution in [0, 0.1) is 0 Å². The van der Waals surface area contributed by atoms with Crippen LogP contribution in [0.2, 0.25) is 0 Å². The van der Waals surface area contributed by atoms with Crippen molar-refractivity contribution in [3.63, 3.8) is 0 Å². The minimum absolute atomic E-state index is 0.365. The third-order valence-corrected chi connectivity index (χ3v) is 10.9. The zero-order valence-electron chi connectivity index (χ0n) is 28.7. The summed E-state index contributed by atoms with van der Waals surface area (Å²) in [5.74, 6) is 0. The van der Waals surface area contributed by atoms with E-state index in [2.05, 4.69) is 119 Å². The topological polar surface area (TPSA) is 55.6 Å². The van der Waals surface area contributed by atoms with Crippen molar-refractivity contribution >= 4 is 21.8 Å². The smallest absolute Gasteiger partial charge is 0.0478 e. The molecule has 0 saturated heterocycles. The first-order chi connectivity index (χ1) is 23.7. The van der Waals surface area contributed by atoms with Gasteiger partial charge in [-0.3, -0.25) is 0 Å². The second-order valence-electron chi connectivity index (χ2n) is 14.3. The molecule has 0 aliphatic heterocycles. The maximum atomic E-state index is 3.93. The van der Waals surface area contributed by atoms with Crippen molar-refractivity contribution in [2.45, 2.75) is 103 Å². The number of hydrogen-bond acceptors (Lipinski definition) is 2. The fraction of sp³-hybridized carbons (Fsp3) is 0.364. The number of aromatic nitrogens is 2. The van der Waals surface area contributed by atoms with Crippen LogP contribution in [0.1, 0.15) is 109 Å². The Hall–Kier alpha value is -4.12. The predicted molar refractivity (Wildman–Crippen MR) is 202 cm³/mol. The molecule has 2 heterocycles. The summed E-state index contributed by atoms with van der Waals surface area (Å²) >= 11 is 0. The van der Waals surface area contributed by atoms with E-state index < -0.39 is 0 Å². The van der Waals surface area contributed by atoms with E-state index in [0.717, 1.165) is 32.4 Å². The van der Waals surface area contributed by atoms with E-state index in [1.165, 1.54) is 123 Å². The Morgan fingerprint density at radius 2 is 1.12 bits per heavy atom. The van der Waals surface area contributed by atoms with Crippen molar-refractivity contribution in [3.05, 3.63) is 130 Å². The molecule has 0 spiro atoms. The van der Waals surface area contributed by atoms with Crippen LogP contribution in [-0.4, -0.2) is 9.97 Å². The number of H-pyrrole nitrogens is 2. The van der Waals surface area contributed by atoms with Gasteiger partial charge in [0.25, 0.3) is 0 Å². The number of rotatable bonds is 11. The predicted octanol–water partition coefficient (Wildman–Crippen LogP) is 10.6. The van der Waals surface area contributed by atoms with Crippen LogP contribution in [0.25, 0.3) is 32.9 Å². The van der Waals surface area contributed by atoms with Gasteiger partial charge < -0.3 is 20.6 Å². The molecule has 2 aliphatic rings. The molecule has 4 nitrogen and oxygen atoms in total. The monoisotopic (exact) mass is 634 g/mol. The summed E-state index contributed by atoms with van der Waals surface area (Å²) in [5, 5.41) is 10.6. The number of hydrogen-bond donors (Lipinski definition) is 4. The third kappa shape index (κ3) is 6.24. The normalized spacial score (nSPS) is 17.5. The highest BCUT2D eigenvalue weighted by molar-refractivity contribution is 5.90. The summed E-state index contributed by atoms with van der Waals surface area (Å²) in [6.07, 6.45) is 11.8. The second-order valence-corrected chi connectivity index (χ2v) is 14.3. The maximum Gasteiger partial charge on any atom is 0.0478 e. The van der Waals surface area contributed by atoms with Gasteiger partial charge in [0, 0.05) is 58.4 Å². The average Bonchev–Trinajstić information content (AvgIpc) is 3.69. The lowest BCUT2D eigenvalue weighted by Gasteiger charge is -2.24. The number of aryl methyl sites for hydroxylation is 4. The summed E-state index contributed by atoms with van der Waals surface area (Å²) in [4.78, 5) is 7.63. The SMILES string of the molecule is CCCc1ccc(CNC2CCCc3c2[nH]c2ccc(-c4cccc(CNC5CCCc6c5[nH]c5ccc(CCC)cc65)c4)cc32)cc1. The van der Waals surface area contributed by atoms with Gasteiger partial charge >= 0.3 is 0 Å². The molecule has 4 aromatic carbocycles. The fourth-order valence-electron chi connectivity index (χ4n) is 8.46. The van der Waals surface area contributed by atoms with Crippen LogP contribution in [0.3, 0.4) is 0 Å². The van der Waals surface area contributed by atoms with E-state index in [4.69, 9.17) is 0 Å². The summed E-state index contributed by atoms with van der Waals surface area (Å²) in [5.41, 5.74) is 16.5. The molecule has 6 aromatic rings. The molecule has 0 radical (unpaired) electrons. The number of fused-ring (bicyclic) bond motifs is 6. The van der Waals surface area contributed by atoms with Gasteiger partial charge in [0.2, 0.25) is 0 Å². The summed E-state index contributed by atoms with van der Waals surface area (Å²) < 4.78 is 0. The molecule has 246 valence electrons. The highest BCUT2D eigenvalue weighted by atomic mass is 15.0. The third-order valence-electron chi connectivity index (χ3n) is 10.9. The lowest BCUT2D eigenvalue weighted by atomic mass is 9.90.